The molecule has 2 heterocycles. The fourth-order valence-electron chi connectivity index (χ4n) is 1.29. The summed E-state index contributed by atoms with van der Waals surface area (Å²) in [5, 5.41) is 14.8. The van der Waals surface area contributed by atoms with E-state index >= 15 is 0 Å². The number of nitro groups is 1. The Bertz CT molecular complexity index is 552. The Labute approximate surface area is 95.6 Å². The number of pyridine rings is 1. The first-order valence-electron chi connectivity index (χ1n) is 4.41. The van der Waals surface area contributed by atoms with Crippen LogP contribution in [0.5, 0.6) is 0 Å². The molecule has 0 aliphatic rings. The van der Waals surface area contributed by atoms with Crippen LogP contribution in [0.3, 0.4) is 0 Å². The molecular formula is C9H7ClN4O2. The van der Waals surface area contributed by atoms with Gasteiger partial charge in [-0.1, -0.05) is 11.6 Å². The maximum atomic E-state index is 10.6. The zero-order valence-corrected chi connectivity index (χ0v) is 9.05. The van der Waals surface area contributed by atoms with Crippen molar-refractivity contribution in [1.82, 2.24) is 14.8 Å². The Hall–Kier alpha value is -1.95. The standard InChI is InChI=1S/C9H7ClN4O2/c1-6-5-8(14(15)16)12-13(6)9-7(10)3-2-4-11-9/h2-5H,1H3. The van der Waals surface area contributed by atoms with E-state index < -0.39 is 4.92 Å². The maximum Gasteiger partial charge on any atom is 0.390 e. The van der Waals surface area contributed by atoms with Gasteiger partial charge in [-0.05, 0) is 24.0 Å². The Balaban J connectivity index is 2.57. The lowest BCUT2D eigenvalue weighted by Crippen LogP contribution is -2.02. The van der Waals surface area contributed by atoms with E-state index in [1.54, 1.807) is 25.3 Å². The van der Waals surface area contributed by atoms with Gasteiger partial charge in [-0.15, -0.1) is 4.68 Å². The average Bonchev–Trinajstić information content (AvgIpc) is 2.61. The highest BCUT2D eigenvalue weighted by atomic mass is 35.5. The van der Waals surface area contributed by atoms with Crippen molar-refractivity contribution in [3.63, 3.8) is 0 Å². The van der Waals surface area contributed by atoms with Crippen molar-refractivity contribution in [3.8, 4) is 5.82 Å². The maximum absolute atomic E-state index is 10.6. The van der Waals surface area contributed by atoms with Gasteiger partial charge in [0.15, 0.2) is 5.82 Å². The van der Waals surface area contributed by atoms with Gasteiger partial charge in [0.1, 0.15) is 0 Å². The van der Waals surface area contributed by atoms with Gasteiger partial charge < -0.3 is 10.1 Å². The number of rotatable bonds is 2. The number of hydrogen-bond donors (Lipinski definition) is 0. The molecule has 6 nitrogen and oxygen atoms in total. The molecule has 0 unspecified atom stereocenters. The minimum Gasteiger partial charge on any atom is -0.358 e. The van der Waals surface area contributed by atoms with E-state index in [1.165, 1.54) is 10.7 Å². The van der Waals surface area contributed by atoms with Crippen molar-refractivity contribution >= 4 is 17.4 Å². The summed E-state index contributed by atoms with van der Waals surface area (Å²) >= 11 is 5.93. The number of nitrogens with zero attached hydrogens (tertiary/aromatic N) is 4. The van der Waals surface area contributed by atoms with E-state index in [0.29, 0.717) is 16.5 Å². The molecule has 7 heteroatoms. The zero-order valence-electron chi connectivity index (χ0n) is 8.29. The van der Waals surface area contributed by atoms with E-state index in [9.17, 15) is 10.1 Å². The van der Waals surface area contributed by atoms with Gasteiger partial charge in [0, 0.05) is 6.20 Å². The molecular weight excluding hydrogens is 232 g/mol. The van der Waals surface area contributed by atoms with Gasteiger partial charge in [-0.3, -0.25) is 0 Å². The van der Waals surface area contributed by atoms with Crippen LogP contribution in [0.2, 0.25) is 5.02 Å². The van der Waals surface area contributed by atoms with Crippen molar-refractivity contribution in [2.75, 3.05) is 0 Å². The van der Waals surface area contributed by atoms with Crippen LogP contribution in [-0.4, -0.2) is 19.7 Å². The Morgan fingerprint density at radius 1 is 1.56 bits per heavy atom. The summed E-state index contributed by atoms with van der Waals surface area (Å²) in [4.78, 5) is 14.0. The van der Waals surface area contributed by atoms with Gasteiger partial charge >= 0.3 is 5.82 Å². The Kier molecular flexibility index (Phi) is 2.57. The van der Waals surface area contributed by atoms with Gasteiger partial charge in [0.25, 0.3) is 0 Å². The minimum atomic E-state index is -0.555. The predicted octanol–water partition coefficient (Wildman–Crippen LogP) is 2.14. The molecule has 0 atom stereocenters. The summed E-state index contributed by atoms with van der Waals surface area (Å²) < 4.78 is 1.35. The van der Waals surface area contributed by atoms with E-state index in [4.69, 9.17) is 11.6 Å². The predicted molar refractivity (Wildman–Crippen MR) is 57.8 cm³/mol. The Morgan fingerprint density at radius 3 is 2.88 bits per heavy atom. The number of aromatic nitrogens is 3. The second kappa shape index (κ2) is 3.90. The summed E-state index contributed by atoms with van der Waals surface area (Å²) in [6.45, 7) is 1.70. The summed E-state index contributed by atoms with van der Waals surface area (Å²) in [5.74, 6) is 0.161. The van der Waals surface area contributed by atoms with Crippen LogP contribution >= 0.6 is 11.6 Å². The summed E-state index contributed by atoms with van der Waals surface area (Å²) in [5.41, 5.74) is 0.604. The largest absolute Gasteiger partial charge is 0.390 e. The lowest BCUT2D eigenvalue weighted by atomic mass is 10.4. The number of hydrogen-bond acceptors (Lipinski definition) is 4. The smallest absolute Gasteiger partial charge is 0.358 e. The third-order valence-electron chi connectivity index (χ3n) is 2.00. The molecule has 0 fully saturated rings. The van der Waals surface area contributed by atoms with Gasteiger partial charge in [0.2, 0.25) is 0 Å². The lowest BCUT2D eigenvalue weighted by molar-refractivity contribution is -0.389. The normalized spacial score (nSPS) is 10.4. The van der Waals surface area contributed by atoms with Crippen LogP contribution < -0.4 is 0 Å². The van der Waals surface area contributed by atoms with Gasteiger partial charge in [-0.2, -0.15) is 0 Å². The second-order valence-corrected chi connectivity index (χ2v) is 3.53. The third-order valence-corrected chi connectivity index (χ3v) is 2.30. The van der Waals surface area contributed by atoms with Crippen molar-refractivity contribution in [2.45, 2.75) is 6.92 Å². The molecule has 0 radical (unpaired) electrons. The summed E-state index contributed by atoms with van der Waals surface area (Å²) in [6, 6.07) is 4.70. The lowest BCUT2D eigenvalue weighted by Gasteiger charge is -1.99. The molecule has 0 saturated heterocycles. The fraction of sp³-hybridized carbons (Fsp3) is 0.111. The van der Waals surface area contributed by atoms with Gasteiger partial charge in [0.05, 0.1) is 21.9 Å². The van der Waals surface area contributed by atoms with E-state index in [2.05, 4.69) is 10.1 Å². The molecule has 2 aromatic rings. The van der Waals surface area contributed by atoms with Crippen LogP contribution in [0.1, 0.15) is 5.69 Å². The highest BCUT2D eigenvalue weighted by Crippen LogP contribution is 2.20. The molecule has 0 spiro atoms. The van der Waals surface area contributed by atoms with Crippen molar-refractivity contribution < 1.29 is 4.92 Å². The average molecular weight is 239 g/mol. The topological polar surface area (TPSA) is 73.8 Å². The molecule has 0 N–H and O–H groups in total. The fourth-order valence-corrected chi connectivity index (χ4v) is 1.50. The minimum absolute atomic E-state index is 0.223. The van der Waals surface area contributed by atoms with Crippen LogP contribution in [0.15, 0.2) is 24.4 Å². The van der Waals surface area contributed by atoms with Crippen molar-refractivity contribution in [1.29, 1.82) is 0 Å². The van der Waals surface area contributed by atoms with Crippen LogP contribution in [-0.2, 0) is 0 Å². The first kappa shape index (κ1) is 10.6. The van der Waals surface area contributed by atoms with Crippen LogP contribution in [0.4, 0.5) is 5.82 Å². The van der Waals surface area contributed by atoms with E-state index in [0.717, 1.165) is 0 Å². The summed E-state index contributed by atoms with van der Waals surface area (Å²) in [7, 11) is 0. The third kappa shape index (κ3) is 1.74. The number of aryl methyl sites for hydroxylation is 1. The number of halogens is 1. The molecule has 0 bridgehead atoms. The SMILES string of the molecule is Cc1cc([N+](=O)[O-])nn1-c1ncccc1Cl. The molecule has 0 aliphatic carbocycles. The molecule has 0 amide bonds. The first-order chi connectivity index (χ1) is 7.59. The van der Waals surface area contributed by atoms with E-state index in [1.807, 2.05) is 0 Å². The van der Waals surface area contributed by atoms with Crippen LogP contribution in [0, 0.1) is 17.0 Å². The summed E-state index contributed by atoms with van der Waals surface area (Å²) in [6.07, 6.45) is 1.55. The van der Waals surface area contributed by atoms with Crippen LogP contribution in [0.25, 0.3) is 5.82 Å². The Morgan fingerprint density at radius 2 is 2.31 bits per heavy atom. The first-order valence-corrected chi connectivity index (χ1v) is 4.79. The molecule has 16 heavy (non-hydrogen) atoms. The second-order valence-electron chi connectivity index (χ2n) is 3.12. The molecule has 2 aromatic heterocycles. The monoisotopic (exact) mass is 238 g/mol. The molecule has 0 saturated carbocycles. The van der Waals surface area contributed by atoms with Crippen molar-refractivity contribution in [3.05, 3.63) is 45.2 Å². The van der Waals surface area contributed by atoms with Gasteiger partial charge in [-0.25, -0.2) is 4.98 Å². The van der Waals surface area contributed by atoms with E-state index in [-0.39, 0.29) is 5.82 Å². The highest BCUT2D eigenvalue weighted by molar-refractivity contribution is 6.32. The quantitative estimate of drug-likeness (QED) is 0.593. The molecule has 0 aliphatic heterocycles. The molecule has 82 valence electrons. The molecule has 2 rings (SSSR count). The molecule has 0 aromatic carbocycles. The highest BCUT2D eigenvalue weighted by Gasteiger charge is 2.18. The van der Waals surface area contributed by atoms with Crippen molar-refractivity contribution in [2.24, 2.45) is 0 Å². The zero-order chi connectivity index (χ0) is 11.7.